The van der Waals surface area contributed by atoms with E-state index in [1.807, 2.05) is 80.6 Å². The van der Waals surface area contributed by atoms with Gasteiger partial charge in [0, 0.05) is 17.1 Å². The molecular formula is C25H27N5OS. The van der Waals surface area contributed by atoms with Crippen LogP contribution in [0.15, 0.2) is 77.1 Å². The van der Waals surface area contributed by atoms with Gasteiger partial charge in [0.15, 0.2) is 0 Å². The number of hydrogen-bond acceptors (Lipinski definition) is 5. The predicted octanol–water partition coefficient (Wildman–Crippen LogP) is 5.68. The molecule has 1 aromatic heterocycles. The summed E-state index contributed by atoms with van der Waals surface area (Å²) in [4.78, 5) is 18.0. The monoisotopic (exact) mass is 445 g/mol. The first-order valence-electron chi connectivity index (χ1n) is 10.7. The minimum absolute atomic E-state index is 0.160. The molecule has 7 heteroatoms. The Morgan fingerprint density at radius 2 is 2.00 bits per heavy atom. The number of aryl methyl sites for hydroxylation is 1. The van der Waals surface area contributed by atoms with E-state index in [0.717, 1.165) is 34.7 Å². The summed E-state index contributed by atoms with van der Waals surface area (Å²) in [5.41, 5.74) is 4.30. The van der Waals surface area contributed by atoms with Gasteiger partial charge in [0.05, 0.1) is 5.57 Å². The van der Waals surface area contributed by atoms with Gasteiger partial charge in [0.25, 0.3) is 5.91 Å². The van der Waals surface area contributed by atoms with Crippen LogP contribution in [-0.2, 0) is 4.79 Å². The fraction of sp³-hybridized carbons (Fsp3) is 0.240. The summed E-state index contributed by atoms with van der Waals surface area (Å²) in [7, 11) is 0. The summed E-state index contributed by atoms with van der Waals surface area (Å²) in [6, 6.07) is 17.5. The minimum atomic E-state index is -0.375. The van der Waals surface area contributed by atoms with Crippen molar-refractivity contribution < 1.29 is 4.79 Å². The van der Waals surface area contributed by atoms with Crippen molar-refractivity contribution in [3.05, 3.63) is 83.1 Å². The number of allylic oxidation sites excluding steroid dienone is 2. The summed E-state index contributed by atoms with van der Waals surface area (Å²) in [5.74, 6) is 1.43. The molecule has 0 bridgehead atoms. The second-order valence-electron chi connectivity index (χ2n) is 7.71. The van der Waals surface area contributed by atoms with Crippen molar-refractivity contribution in [3.63, 3.8) is 0 Å². The molecule has 1 atom stereocenters. The Morgan fingerprint density at radius 1 is 1.19 bits per heavy atom. The van der Waals surface area contributed by atoms with E-state index in [-0.39, 0.29) is 11.9 Å². The van der Waals surface area contributed by atoms with Crippen LogP contribution in [0.3, 0.4) is 0 Å². The second-order valence-corrected chi connectivity index (χ2v) is 8.78. The lowest BCUT2D eigenvalue weighted by molar-refractivity contribution is -0.113. The highest BCUT2D eigenvalue weighted by molar-refractivity contribution is 7.99. The zero-order valence-electron chi connectivity index (χ0n) is 18.5. The number of carbonyl (C=O) groups is 1. The SMILES string of the molecule is CCCSc1nc2n(n1)C(/C=C/c1ccccc1)C(C(=O)Nc1cccc(C)c1)=C(C)N2. The molecule has 1 aliphatic heterocycles. The van der Waals surface area contributed by atoms with E-state index in [1.165, 1.54) is 0 Å². The van der Waals surface area contributed by atoms with E-state index >= 15 is 0 Å². The van der Waals surface area contributed by atoms with Crippen molar-refractivity contribution >= 4 is 35.4 Å². The number of benzene rings is 2. The first-order chi connectivity index (χ1) is 15.5. The molecule has 2 heterocycles. The maximum Gasteiger partial charge on any atom is 0.255 e. The molecule has 0 saturated heterocycles. The number of anilines is 2. The minimum Gasteiger partial charge on any atom is -0.328 e. The standard InChI is InChI=1S/C25H27N5OS/c1-4-15-32-25-28-24-26-18(3)22(23(31)27-20-12-8-9-17(2)16-20)21(30(24)29-25)14-13-19-10-6-5-7-11-19/h5-14,16,21H,4,15H2,1-3H3,(H,27,31)(H,26,28,29)/b14-13+. The van der Waals surface area contributed by atoms with Crippen molar-refractivity contribution in [2.45, 2.75) is 38.4 Å². The number of nitrogens with zero attached hydrogens (tertiary/aromatic N) is 3. The Kier molecular flexibility index (Phi) is 6.75. The smallest absolute Gasteiger partial charge is 0.255 e. The summed E-state index contributed by atoms with van der Waals surface area (Å²) >= 11 is 1.62. The van der Waals surface area contributed by atoms with E-state index in [0.29, 0.717) is 16.7 Å². The Morgan fingerprint density at radius 3 is 2.75 bits per heavy atom. The van der Waals surface area contributed by atoms with Crippen molar-refractivity contribution in [1.29, 1.82) is 0 Å². The molecule has 0 fully saturated rings. The lowest BCUT2D eigenvalue weighted by Gasteiger charge is -2.26. The molecule has 6 nitrogen and oxygen atoms in total. The highest BCUT2D eigenvalue weighted by Crippen LogP contribution is 2.33. The van der Waals surface area contributed by atoms with Gasteiger partial charge >= 0.3 is 0 Å². The Balaban J connectivity index is 1.69. The maximum atomic E-state index is 13.4. The van der Waals surface area contributed by atoms with E-state index in [9.17, 15) is 4.79 Å². The van der Waals surface area contributed by atoms with Gasteiger partial charge in [-0.05, 0) is 43.5 Å². The van der Waals surface area contributed by atoms with Gasteiger partial charge in [-0.1, -0.05) is 73.3 Å². The van der Waals surface area contributed by atoms with Crippen LogP contribution >= 0.6 is 11.8 Å². The summed E-state index contributed by atoms with van der Waals surface area (Å²) < 4.78 is 1.80. The number of rotatable bonds is 7. The van der Waals surface area contributed by atoms with Gasteiger partial charge in [-0.25, -0.2) is 4.68 Å². The third-order valence-electron chi connectivity index (χ3n) is 5.10. The van der Waals surface area contributed by atoms with Gasteiger partial charge < -0.3 is 10.6 Å². The number of thioether (sulfide) groups is 1. The molecule has 4 rings (SSSR count). The number of aromatic nitrogens is 3. The van der Waals surface area contributed by atoms with Crippen LogP contribution in [0.1, 0.15) is 37.4 Å². The first kappa shape index (κ1) is 21.9. The van der Waals surface area contributed by atoms with Gasteiger partial charge in [0.2, 0.25) is 11.1 Å². The van der Waals surface area contributed by atoms with Gasteiger partial charge in [-0.15, -0.1) is 5.10 Å². The molecule has 2 aromatic carbocycles. The highest BCUT2D eigenvalue weighted by atomic mass is 32.2. The molecule has 1 amide bonds. The third kappa shape index (κ3) is 4.94. The summed E-state index contributed by atoms with van der Waals surface area (Å²) in [5, 5.41) is 11.7. The normalized spacial score (nSPS) is 15.5. The van der Waals surface area contributed by atoms with Crippen LogP contribution in [0.4, 0.5) is 11.6 Å². The number of nitrogens with one attached hydrogen (secondary N) is 2. The van der Waals surface area contributed by atoms with Gasteiger partial charge in [0.1, 0.15) is 6.04 Å². The van der Waals surface area contributed by atoms with Crippen molar-refractivity contribution in [2.24, 2.45) is 0 Å². The fourth-order valence-electron chi connectivity index (χ4n) is 3.59. The quantitative estimate of drug-likeness (QED) is 0.458. The fourth-order valence-corrected chi connectivity index (χ4v) is 4.27. The van der Waals surface area contributed by atoms with Crippen LogP contribution < -0.4 is 10.6 Å². The molecule has 2 N–H and O–H groups in total. The number of amides is 1. The lowest BCUT2D eigenvalue weighted by Crippen LogP contribution is -2.30. The number of fused-ring (bicyclic) bond motifs is 1. The van der Waals surface area contributed by atoms with Gasteiger partial charge in [-0.2, -0.15) is 4.98 Å². The predicted molar refractivity (Wildman–Crippen MR) is 132 cm³/mol. The molecule has 0 spiro atoms. The van der Waals surface area contributed by atoms with E-state index in [4.69, 9.17) is 5.10 Å². The molecule has 0 aliphatic carbocycles. The second kappa shape index (κ2) is 9.87. The Hall–Kier alpha value is -3.32. The molecule has 0 radical (unpaired) electrons. The summed E-state index contributed by atoms with van der Waals surface area (Å²) in [6.07, 6.45) is 5.07. The maximum absolute atomic E-state index is 13.4. The third-order valence-corrected chi connectivity index (χ3v) is 6.14. The average Bonchev–Trinajstić information content (AvgIpc) is 3.18. The largest absolute Gasteiger partial charge is 0.328 e. The van der Waals surface area contributed by atoms with Gasteiger partial charge in [-0.3, -0.25) is 4.79 Å². The van der Waals surface area contributed by atoms with Crippen LogP contribution in [0.2, 0.25) is 0 Å². The van der Waals surface area contributed by atoms with E-state index in [2.05, 4.69) is 22.5 Å². The van der Waals surface area contributed by atoms with Crippen LogP contribution in [0.5, 0.6) is 0 Å². The zero-order valence-corrected chi connectivity index (χ0v) is 19.3. The molecule has 3 aromatic rings. The molecule has 32 heavy (non-hydrogen) atoms. The van der Waals surface area contributed by atoms with E-state index < -0.39 is 0 Å². The lowest BCUT2D eigenvalue weighted by atomic mass is 10.0. The molecule has 1 unspecified atom stereocenters. The molecule has 164 valence electrons. The van der Waals surface area contributed by atoms with Crippen molar-refractivity contribution in [2.75, 3.05) is 16.4 Å². The Labute approximate surface area is 192 Å². The van der Waals surface area contributed by atoms with E-state index in [1.54, 1.807) is 16.4 Å². The van der Waals surface area contributed by atoms with Crippen molar-refractivity contribution in [1.82, 2.24) is 14.8 Å². The Bertz CT molecular complexity index is 1170. The zero-order chi connectivity index (χ0) is 22.5. The first-order valence-corrected chi connectivity index (χ1v) is 11.7. The highest BCUT2D eigenvalue weighted by Gasteiger charge is 2.31. The average molecular weight is 446 g/mol. The van der Waals surface area contributed by atoms with Crippen LogP contribution in [0, 0.1) is 6.92 Å². The van der Waals surface area contributed by atoms with Crippen LogP contribution in [0.25, 0.3) is 6.08 Å². The molecule has 0 saturated carbocycles. The topological polar surface area (TPSA) is 71.8 Å². The number of carbonyl (C=O) groups excluding carboxylic acids is 1. The van der Waals surface area contributed by atoms with Crippen LogP contribution in [-0.4, -0.2) is 26.4 Å². The summed E-state index contributed by atoms with van der Waals surface area (Å²) in [6.45, 7) is 6.04. The van der Waals surface area contributed by atoms with Crippen molar-refractivity contribution in [3.8, 4) is 0 Å². The number of hydrogen-bond donors (Lipinski definition) is 2. The molecule has 1 aliphatic rings. The molecular weight excluding hydrogens is 418 g/mol.